The van der Waals surface area contributed by atoms with Crippen molar-refractivity contribution in [1.29, 1.82) is 0 Å². The summed E-state index contributed by atoms with van der Waals surface area (Å²) in [6, 6.07) is 0.0821. The molecule has 0 aromatic rings. The van der Waals surface area contributed by atoms with Crippen molar-refractivity contribution in [1.82, 2.24) is 10.2 Å². The maximum atomic E-state index is 12.2. The molecule has 18 heavy (non-hydrogen) atoms. The summed E-state index contributed by atoms with van der Waals surface area (Å²) in [6.45, 7) is 6.01. The number of nitrogens with zero attached hydrogens (tertiary/aromatic N) is 1. The summed E-state index contributed by atoms with van der Waals surface area (Å²) < 4.78 is 0. The largest absolute Gasteiger partial charge is 0.302 e. The van der Waals surface area contributed by atoms with Crippen LogP contribution < -0.4 is 5.32 Å². The molecule has 0 radical (unpaired) electrons. The fraction of sp³-hybridized carbons (Fsp3) is 0.857. The highest BCUT2D eigenvalue weighted by Crippen LogP contribution is 2.26. The van der Waals surface area contributed by atoms with Gasteiger partial charge in [0, 0.05) is 12.1 Å². The van der Waals surface area contributed by atoms with Gasteiger partial charge >= 0.3 is 0 Å². The van der Waals surface area contributed by atoms with Gasteiger partial charge in [0.25, 0.3) is 0 Å². The lowest BCUT2D eigenvalue weighted by Gasteiger charge is -2.31. The Morgan fingerprint density at radius 1 is 1.22 bits per heavy atom. The van der Waals surface area contributed by atoms with Crippen LogP contribution in [0, 0.1) is 5.92 Å². The minimum Gasteiger partial charge on any atom is -0.302 e. The molecule has 3 unspecified atom stereocenters. The molecule has 2 amide bonds. The Morgan fingerprint density at radius 2 is 1.89 bits per heavy atom. The number of carbonyl (C=O) groups is 2. The van der Waals surface area contributed by atoms with Crippen LogP contribution in [0.25, 0.3) is 0 Å². The van der Waals surface area contributed by atoms with Gasteiger partial charge in [-0.15, -0.1) is 0 Å². The highest BCUT2D eigenvalue weighted by atomic mass is 16.2. The third-order valence-electron chi connectivity index (χ3n) is 4.23. The first-order chi connectivity index (χ1) is 8.50. The van der Waals surface area contributed by atoms with Gasteiger partial charge in [0.15, 0.2) is 0 Å². The van der Waals surface area contributed by atoms with E-state index in [1.807, 2.05) is 13.8 Å². The minimum absolute atomic E-state index is 0.0272. The SMILES string of the molecule is CC1CCCCC1NC1CC(=O)N(C(C)C)C1=O. The standard InChI is InChI=1S/C14H24N2O2/c1-9(2)16-13(17)8-12(14(16)18)15-11-7-5-4-6-10(11)3/h9-12,15H,4-8H2,1-3H3. The predicted octanol–water partition coefficient (Wildman–Crippen LogP) is 1.69. The normalized spacial score (nSPS) is 33.6. The topological polar surface area (TPSA) is 49.4 Å². The molecule has 4 nitrogen and oxygen atoms in total. The van der Waals surface area contributed by atoms with E-state index in [0.29, 0.717) is 18.4 Å². The molecule has 2 rings (SSSR count). The van der Waals surface area contributed by atoms with Crippen molar-refractivity contribution in [3.63, 3.8) is 0 Å². The fourth-order valence-electron chi connectivity index (χ4n) is 3.15. The number of rotatable bonds is 3. The summed E-state index contributed by atoms with van der Waals surface area (Å²) in [5.41, 5.74) is 0. The number of hydrogen-bond acceptors (Lipinski definition) is 3. The Kier molecular flexibility index (Phi) is 4.05. The summed E-state index contributed by atoms with van der Waals surface area (Å²) in [7, 11) is 0. The van der Waals surface area contributed by atoms with Gasteiger partial charge in [-0.3, -0.25) is 14.5 Å². The Hall–Kier alpha value is -0.900. The summed E-state index contributed by atoms with van der Waals surface area (Å²) in [6.07, 6.45) is 5.20. The Balaban J connectivity index is 1.98. The van der Waals surface area contributed by atoms with Crippen LogP contribution in [-0.4, -0.2) is 34.8 Å². The summed E-state index contributed by atoms with van der Waals surface area (Å²) >= 11 is 0. The molecular weight excluding hydrogens is 228 g/mol. The van der Waals surface area contributed by atoms with Gasteiger partial charge in [0.2, 0.25) is 11.8 Å². The van der Waals surface area contributed by atoms with Gasteiger partial charge in [-0.2, -0.15) is 0 Å². The monoisotopic (exact) mass is 252 g/mol. The maximum absolute atomic E-state index is 12.2. The molecule has 0 aromatic carbocycles. The highest BCUT2D eigenvalue weighted by Gasteiger charge is 2.41. The molecule has 3 atom stereocenters. The van der Waals surface area contributed by atoms with Crippen LogP contribution in [0.15, 0.2) is 0 Å². The van der Waals surface area contributed by atoms with E-state index in [9.17, 15) is 9.59 Å². The molecule has 1 aliphatic heterocycles. The van der Waals surface area contributed by atoms with E-state index in [1.54, 1.807) is 0 Å². The molecular formula is C14H24N2O2. The Morgan fingerprint density at radius 3 is 2.44 bits per heavy atom. The van der Waals surface area contributed by atoms with E-state index in [2.05, 4.69) is 12.2 Å². The van der Waals surface area contributed by atoms with Gasteiger partial charge in [0.05, 0.1) is 12.5 Å². The molecule has 1 saturated heterocycles. The molecule has 102 valence electrons. The van der Waals surface area contributed by atoms with Crippen LogP contribution in [0.4, 0.5) is 0 Å². The van der Waals surface area contributed by atoms with Crippen LogP contribution in [0.5, 0.6) is 0 Å². The predicted molar refractivity (Wildman–Crippen MR) is 69.9 cm³/mol. The van der Waals surface area contributed by atoms with E-state index >= 15 is 0 Å². The van der Waals surface area contributed by atoms with Crippen molar-refractivity contribution in [2.45, 2.75) is 71.0 Å². The van der Waals surface area contributed by atoms with Crippen molar-refractivity contribution in [2.75, 3.05) is 0 Å². The van der Waals surface area contributed by atoms with E-state index in [4.69, 9.17) is 0 Å². The molecule has 1 heterocycles. The molecule has 1 N–H and O–H groups in total. The smallest absolute Gasteiger partial charge is 0.247 e. The van der Waals surface area contributed by atoms with Crippen molar-refractivity contribution >= 4 is 11.8 Å². The first-order valence-corrected chi connectivity index (χ1v) is 7.12. The average molecular weight is 252 g/mol. The first kappa shape index (κ1) is 13.5. The maximum Gasteiger partial charge on any atom is 0.247 e. The molecule has 4 heteroatoms. The van der Waals surface area contributed by atoms with Crippen molar-refractivity contribution in [3.05, 3.63) is 0 Å². The van der Waals surface area contributed by atoms with Gasteiger partial charge < -0.3 is 5.32 Å². The zero-order chi connectivity index (χ0) is 13.3. The summed E-state index contributed by atoms with van der Waals surface area (Å²) in [5, 5.41) is 3.42. The number of nitrogens with one attached hydrogen (secondary N) is 1. The third-order valence-corrected chi connectivity index (χ3v) is 4.23. The quantitative estimate of drug-likeness (QED) is 0.778. The number of hydrogen-bond donors (Lipinski definition) is 1. The zero-order valence-corrected chi connectivity index (χ0v) is 11.6. The number of imide groups is 1. The summed E-state index contributed by atoms with van der Waals surface area (Å²) in [4.78, 5) is 25.4. The molecule has 0 aromatic heterocycles. The lowest BCUT2D eigenvalue weighted by Crippen LogP contribution is -2.48. The lowest BCUT2D eigenvalue weighted by atomic mass is 9.85. The number of likely N-dealkylation sites (tertiary alicyclic amines) is 1. The van der Waals surface area contributed by atoms with Crippen LogP contribution in [0.1, 0.15) is 52.9 Å². The second kappa shape index (κ2) is 5.39. The zero-order valence-electron chi connectivity index (χ0n) is 11.6. The highest BCUT2D eigenvalue weighted by molar-refractivity contribution is 6.05. The second-order valence-corrected chi connectivity index (χ2v) is 5.99. The Labute approximate surface area is 109 Å². The average Bonchev–Trinajstić information content (AvgIpc) is 2.57. The third kappa shape index (κ3) is 2.58. The van der Waals surface area contributed by atoms with Crippen LogP contribution in [0.2, 0.25) is 0 Å². The molecule has 2 fully saturated rings. The lowest BCUT2D eigenvalue weighted by molar-refractivity contribution is -0.140. The van der Waals surface area contributed by atoms with Gasteiger partial charge in [-0.1, -0.05) is 19.8 Å². The molecule has 0 bridgehead atoms. The first-order valence-electron chi connectivity index (χ1n) is 7.12. The van der Waals surface area contributed by atoms with Gasteiger partial charge in [0.1, 0.15) is 0 Å². The van der Waals surface area contributed by atoms with Crippen LogP contribution in [-0.2, 0) is 9.59 Å². The van der Waals surface area contributed by atoms with E-state index < -0.39 is 0 Å². The van der Waals surface area contributed by atoms with E-state index in [0.717, 1.165) is 6.42 Å². The molecule has 1 aliphatic carbocycles. The van der Waals surface area contributed by atoms with Crippen molar-refractivity contribution in [2.24, 2.45) is 5.92 Å². The van der Waals surface area contributed by atoms with Gasteiger partial charge in [-0.25, -0.2) is 0 Å². The van der Waals surface area contributed by atoms with E-state index in [-0.39, 0.29) is 23.9 Å². The van der Waals surface area contributed by atoms with Crippen LogP contribution in [0.3, 0.4) is 0 Å². The molecule has 2 aliphatic rings. The number of amides is 2. The minimum atomic E-state index is -0.287. The molecule has 1 saturated carbocycles. The Bertz CT molecular complexity index is 341. The van der Waals surface area contributed by atoms with Gasteiger partial charge in [-0.05, 0) is 32.6 Å². The number of carbonyl (C=O) groups excluding carboxylic acids is 2. The fourth-order valence-corrected chi connectivity index (χ4v) is 3.15. The summed E-state index contributed by atoms with van der Waals surface area (Å²) in [5.74, 6) is 0.540. The van der Waals surface area contributed by atoms with E-state index in [1.165, 1.54) is 24.2 Å². The van der Waals surface area contributed by atoms with Crippen LogP contribution >= 0.6 is 0 Å². The second-order valence-electron chi connectivity index (χ2n) is 5.99. The van der Waals surface area contributed by atoms with Crippen molar-refractivity contribution < 1.29 is 9.59 Å². The molecule has 0 spiro atoms. The van der Waals surface area contributed by atoms with Crippen molar-refractivity contribution in [3.8, 4) is 0 Å².